The first-order valence-corrected chi connectivity index (χ1v) is 6.90. The predicted octanol–water partition coefficient (Wildman–Crippen LogP) is 1.07. The summed E-state index contributed by atoms with van der Waals surface area (Å²) in [6.45, 7) is 1.84. The van der Waals surface area contributed by atoms with Gasteiger partial charge in [-0.2, -0.15) is 4.98 Å². The zero-order chi connectivity index (χ0) is 16.1. The van der Waals surface area contributed by atoms with Crippen molar-refractivity contribution in [2.75, 3.05) is 18.5 Å². The third-order valence-corrected chi connectivity index (χ3v) is 3.13. The number of nitrogens with zero attached hydrogens (tertiary/aromatic N) is 2. The van der Waals surface area contributed by atoms with E-state index in [1.165, 1.54) is 18.9 Å². The normalized spacial score (nSPS) is 10.5. The second-order valence-electron chi connectivity index (χ2n) is 4.84. The first kappa shape index (κ1) is 15.7. The molecule has 0 aliphatic rings. The Kier molecular flexibility index (Phi) is 4.88. The SMILES string of the molecule is CC(=O)NCCCC(=O)N(C)c1nc2ccccc2c(=O)o1. The van der Waals surface area contributed by atoms with Crippen molar-refractivity contribution < 1.29 is 14.0 Å². The molecule has 1 aromatic carbocycles. The molecule has 2 rings (SSSR count). The molecule has 0 fully saturated rings. The van der Waals surface area contributed by atoms with Crippen LogP contribution in [0.3, 0.4) is 0 Å². The van der Waals surface area contributed by atoms with Gasteiger partial charge in [-0.1, -0.05) is 12.1 Å². The summed E-state index contributed by atoms with van der Waals surface area (Å²) in [4.78, 5) is 40.0. The van der Waals surface area contributed by atoms with Crippen LogP contribution in [0.5, 0.6) is 0 Å². The van der Waals surface area contributed by atoms with Crippen molar-refractivity contribution in [3.05, 3.63) is 34.7 Å². The first-order valence-electron chi connectivity index (χ1n) is 6.90. The lowest BCUT2D eigenvalue weighted by atomic mass is 10.2. The average Bonchev–Trinajstić information content (AvgIpc) is 2.50. The number of fused-ring (bicyclic) bond motifs is 1. The Morgan fingerprint density at radius 1 is 1.32 bits per heavy atom. The molecule has 0 saturated carbocycles. The van der Waals surface area contributed by atoms with Crippen molar-refractivity contribution in [1.29, 1.82) is 0 Å². The number of carbonyl (C=O) groups excluding carboxylic acids is 2. The van der Waals surface area contributed by atoms with E-state index in [0.29, 0.717) is 23.9 Å². The maximum Gasteiger partial charge on any atom is 0.348 e. The Morgan fingerprint density at radius 2 is 2.05 bits per heavy atom. The van der Waals surface area contributed by atoms with E-state index in [1.54, 1.807) is 24.3 Å². The highest BCUT2D eigenvalue weighted by Crippen LogP contribution is 2.14. The molecule has 0 spiro atoms. The summed E-state index contributed by atoms with van der Waals surface area (Å²) >= 11 is 0. The highest BCUT2D eigenvalue weighted by atomic mass is 16.4. The van der Waals surface area contributed by atoms with Crippen molar-refractivity contribution in [3.63, 3.8) is 0 Å². The van der Waals surface area contributed by atoms with Crippen LogP contribution in [-0.2, 0) is 9.59 Å². The van der Waals surface area contributed by atoms with Gasteiger partial charge in [-0.05, 0) is 18.6 Å². The Balaban J connectivity index is 2.09. The summed E-state index contributed by atoms with van der Waals surface area (Å²) in [5, 5.41) is 2.99. The van der Waals surface area contributed by atoms with Gasteiger partial charge in [0, 0.05) is 26.9 Å². The Labute approximate surface area is 126 Å². The van der Waals surface area contributed by atoms with Crippen LogP contribution in [0, 0.1) is 0 Å². The number of amides is 2. The van der Waals surface area contributed by atoms with Crippen molar-refractivity contribution in [2.24, 2.45) is 0 Å². The van der Waals surface area contributed by atoms with Crippen molar-refractivity contribution in [3.8, 4) is 0 Å². The Hall–Kier alpha value is -2.70. The molecule has 0 aliphatic carbocycles. The third-order valence-electron chi connectivity index (χ3n) is 3.13. The number of hydrogen-bond donors (Lipinski definition) is 1. The van der Waals surface area contributed by atoms with Gasteiger partial charge in [0.25, 0.3) is 0 Å². The number of hydrogen-bond acceptors (Lipinski definition) is 5. The number of carbonyl (C=O) groups is 2. The van der Waals surface area contributed by atoms with Gasteiger partial charge in [-0.3, -0.25) is 14.5 Å². The molecule has 7 nitrogen and oxygen atoms in total. The lowest BCUT2D eigenvalue weighted by Crippen LogP contribution is -2.29. The van der Waals surface area contributed by atoms with Crippen LogP contribution in [0.25, 0.3) is 10.9 Å². The molecule has 0 atom stereocenters. The number of rotatable bonds is 5. The monoisotopic (exact) mass is 303 g/mol. The number of benzene rings is 1. The van der Waals surface area contributed by atoms with Crippen LogP contribution in [-0.4, -0.2) is 30.4 Å². The minimum atomic E-state index is -0.529. The number of nitrogens with one attached hydrogen (secondary N) is 1. The van der Waals surface area contributed by atoms with Crippen LogP contribution in [0.15, 0.2) is 33.5 Å². The van der Waals surface area contributed by atoms with Gasteiger partial charge in [0.2, 0.25) is 11.8 Å². The molecule has 0 unspecified atom stereocenters. The molecule has 2 aromatic rings. The van der Waals surface area contributed by atoms with Gasteiger partial charge in [0.15, 0.2) is 0 Å². The first-order chi connectivity index (χ1) is 10.5. The zero-order valence-electron chi connectivity index (χ0n) is 12.5. The Morgan fingerprint density at radius 3 is 2.77 bits per heavy atom. The van der Waals surface area contributed by atoms with E-state index in [4.69, 9.17) is 4.42 Å². The van der Waals surface area contributed by atoms with Gasteiger partial charge >= 0.3 is 11.6 Å². The molecule has 0 aliphatic heterocycles. The van der Waals surface area contributed by atoms with Crippen LogP contribution in [0.4, 0.5) is 6.01 Å². The molecule has 7 heteroatoms. The molecular formula is C15H17N3O4. The minimum Gasteiger partial charge on any atom is -0.388 e. The average molecular weight is 303 g/mol. The molecule has 0 saturated heterocycles. The van der Waals surface area contributed by atoms with E-state index < -0.39 is 5.63 Å². The van der Waals surface area contributed by atoms with E-state index in [1.807, 2.05) is 0 Å². The maximum absolute atomic E-state index is 12.0. The fraction of sp³-hybridized carbons (Fsp3) is 0.333. The largest absolute Gasteiger partial charge is 0.388 e. The van der Waals surface area contributed by atoms with E-state index in [-0.39, 0.29) is 24.2 Å². The third kappa shape index (κ3) is 3.69. The lowest BCUT2D eigenvalue weighted by Gasteiger charge is -2.14. The molecule has 22 heavy (non-hydrogen) atoms. The molecule has 0 bridgehead atoms. The summed E-state index contributed by atoms with van der Waals surface area (Å²) in [6, 6.07) is 6.75. The predicted molar refractivity (Wildman–Crippen MR) is 81.6 cm³/mol. The summed E-state index contributed by atoms with van der Waals surface area (Å²) in [6.07, 6.45) is 0.718. The van der Waals surface area contributed by atoms with Crippen LogP contribution in [0.2, 0.25) is 0 Å². The topological polar surface area (TPSA) is 92.5 Å². The van der Waals surface area contributed by atoms with E-state index in [0.717, 1.165) is 0 Å². The van der Waals surface area contributed by atoms with Crippen LogP contribution >= 0.6 is 0 Å². The fourth-order valence-corrected chi connectivity index (χ4v) is 1.93. The van der Waals surface area contributed by atoms with Crippen molar-refractivity contribution >= 4 is 28.7 Å². The van der Waals surface area contributed by atoms with Crippen LogP contribution in [0.1, 0.15) is 19.8 Å². The minimum absolute atomic E-state index is 0.0340. The van der Waals surface area contributed by atoms with E-state index in [9.17, 15) is 14.4 Å². The van der Waals surface area contributed by atoms with Gasteiger partial charge in [0.1, 0.15) is 0 Å². The summed E-state index contributed by atoms with van der Waals surface area (Å²) in [5.41, 5.74) is -0.0508. The Bertz CT molecular complexity index is 754. The second-order valence-corrected chi connectivity index (χ2v) is 4.84. The molecule has 0 radical (unpaired) electrons. The van der Waals surface area contributed by atoms with Crippen LogP contribution < -0.4 is 15.8 Å². The molecule has 1 heterocycles. The molecular weight excluding hydrogens is 286 g/mol. The van der Waals surface area contributed by atoms with Gasteiger partial charge in [-0.25, -0.2) is 4.79 Å². The summed E-state index contributed by atoms with van der Waals surface area (Å²) in [7, 11) is 1.50. The molecule has 1 aromatic heterocycles. The lowest BCUT2D eigenvalue weighted by molar-refractivity contribution is -0.120. The maximum atomic E-state index is 12.0. The standard InChI is InChI=1S/C15H17N3O4/c1-10(19)16-9-5-8-13(20)18(2)15-17-12-7-4-3-6-11(12)14(21)22-15/h3-4,6-7H,5,8-9H2,1-2H3,(H,16,19). The van der Waals surface area contributed by atoms with E-state index in [2.05, 4.69) is 10.3 Å². The second kappa shape index (κ2) is 6.84. The van der Waals surface area contributed by atoms with E-state index >= 15 is 0 Å². The number of aromatic nitrogens is 1. The van der Waals surface area contributed by atoms with Gasteiger partial charge < -0.3 is 9.73 Å². The molecule has 2 amide bonds. The quantitative estimate of drug-likeness (QED) is 0.834. The molecule has 116 valence electrons. The highest BCUT2D eigenvalue weighted by molar-refractivity contribution is 5.91. The number of para-hydroxylation sites is 1. The fourth-order valence-electron chi connectivity index (χ4n) is 1.93. The molecule has 1 N–H and O–H groups in total. The van der Waals surface area contributed by atoms with Crippen molar-refractivity contribution in [1.82, 2.24) is 10.3 Å². The zero-order valence-corrected chi connectivity index (χ0v) is 12.5. The number of anilines is 1. The van der Waals surface area contributed by atoms with Gasteiger partial charge in [-0.15, -0.1) is 0 Å². The summed E-state index contributed by atoms with van der Waals surface area (Å²) < 4.78 is 5.09. The van der Waals surface area contributed by atoms with Gasteiger partial charge in [0.05, 0.1) is 10.9 Å². The summed E-state index contributed by atoms with van der Waals surface area (Å²) in [5.74, 6) is -0.376. The van der Waals surface area contributed by atoms with Crippen molar-refractivity contribution in [2.45, 2.75) is 19.8 Å². The highest BCUT2D eigenvalue weighted by Gasteiger charge is 2.16. The smallest absolute Gasteiger partial charge is 0.348 e.